The molecule has 1 aromatic rings. The van der Waals surface area contributed by atoms with Crippen molar-refractivity contribution in [2.45, 2.75) is 37.1 Å². The zero-order chi connectivity index (χ0) is 14.9. The van der Waals surface area contributed by atoms with Crippen molar-refractivity contribution < 1.29 is 4.79 Å². The molecule has 4 nitrogen and oxygen atoms in total. The Hall–Kier alpha value is -1.54. The molecule has 2 heterocycles. The number of para-hydroxylation sites is 1. The van der Waals surface area contributed by atoms with Gasteiger partial charge in [-0.15, -0.1) is 5.01 Å². The molecule has 1 N–H and O–H groups in total. The lowest BCUT2D eigenvalue weighted by molar-refractivity contribution is -0.123. The topological polar surface area (TPSA) is 36.7 Å². The quantitative estimate of drug-likeness (QED) is 0.672. The van der Waals surface area contributed by atoms with Crippen LogP contribution in [-0.2, 0) is 10.2 Å². The van der Waals surface area contributed by atoms with E-state index in [0.29, 0.717) is 6.42 Å². The Morgan fingerprint density at radius 3 is 3.00 bits per heavy atom. The molecule has 0 spiro atoms. The summed E-state index contributed by atoms with van der Waals surface area (Å²) in [4.78, 5) is 16.5. The van der Waals surface area contributed by atoms with E-state index in [1.165, 1.54) is 0 Å². The molecule has 2 aliphatic heterocycles. The standard InChI is InChI=1S/C16H18BrN3O/c1-18-20-11-5-4-8-14(20)16(9-10-17)12-6-2-3-7-13(12)19-15(16)21/h2-3,6-7,14H,4-5,8-11H2,(H,19,21)/t14-,16-/m0/s1. The van der Waals surface area contributed by atoms with Crippen molar-refractivity contribution in [3.63, 3.8) is 0 Å². The van der Waals surface area contributed by atoms with Crippen molar-refractivity contribution >= 4 is 27.5 Å². The largest absolute Gasteiger partial charge is 0.325 e. The number of carbonyl (C=O) groups excluding carboxylic acids is 1. The number of nitrogens with one attached hydrogen (secondary N) is 1. The molecule has 110 valence electrons. The highest BCUT2D eigenvalue weighted by molar-refractivity contribution is 9.09. The van der Waals surface area contributed by atoms with Crippen molar-refractivity contribution in [3.05, 3.63) is 41.4 Å². The molecule has 5 heteroatoms. The molecule has 0 aliphatic carbocycles. The second-order valence-corrected chi connectivity index (χ2v) is 6.48. The van der Waals surface area contributed by atoms with Crippen LogP contribution in [0, 0.1) is 6.57 Å². The first-order chi connectivity index (χ1) is 10.2. The van der Waals surface area contributed by atoms with Crippen molar-refractivity contribution in [1.82, 2.24) is 5.01 Å². The third-order valence-corrected chi connectivity index (χ3v) is 5.12. The Bertz CT molecular complexity index is 597. The molecular formula is C16H18BrN3O. The van der Waals surface area contributed by atoms with Gasteiger partial charge in [0.15, 0.2) is 0 Å². The van der Waals surface area contributed by atoms with Gasteiger partial charge in [-0.1, -0.05) is 34.1 Å². The molecule has 1 fully saturated rings. The first-order valence-corrected chi connectivity index (χ1v) is 8.47. The normalized spacial score (nSPS) is 27.9. The summed E-state index contributed by atoms with van der Waals surface area (Å²) in [6.45, 7) is 8.23. The van der Waals surface area contributed by atoms with E-state index in [-0.39, 0.29) is 11.9 Å². The van der Waals surface area contributed by atoms with E-state index in [1.54, 1.807) is 5.01 Å². The molecule has 0 radical (unpaired) electrons. The van der Waals surface area contributed by atoms with Crippen LogP contribution in [0.4, 0.5) is 5.69 Å². The van der Waals surface area contributed by atoms with Crippen LogP contribution in [0.3, 0.4) is 0 Å². The average Bonchev–Trinajstić information content (AvgIpc) is 2.81. The number of alkyl halides is 1. The molecule has 0 aromatic heterocycles. The maximum atomic E-state index is 12.8. The number of anilines is 1. The van der Waals surface area contributed by atoms with Gasteiger partial charge in [0.05, 0.1) is 6.54 Å². The van der Waals surface area contributed by atoms with E-state index >= 15 is 0 Å². The third-order valence-electron chi connectivity index (χ3n) is 4.72. The van der Waals surface area contributed by atoms with Gasteiger partial charge in [-0.3, -0.25) is 4.79 Å². The first-order valence-electron chi connectivity index (χ1n) is 7.35. The van der Waals surface area contributed by atoms with Gasteiger partial charge in [0, 0.05) is 11.0 Å². The van der Waals surface area contributed by atoms with Gasteiger partial charge in [0.2, 0.25) is 5.91 Å². The van der Waals surface area contributed by atoms with E-state index in [9.17, 15) is 4.79 Å². The Labute approximate surface area is 133 Å². The minimum atomic E-state index is -0.606. The smallest absolute Gasteiger partial charge is 0.237 e. The predicted octanol–water partition coefficient (Wildman–Crippen LogP) is 3.35. The van der Waals surface area contributed by atoms with Crippen LogP contribution in [0.5, 0.6) is 0 Å². The van der Waals surface area contributed by atoms with Gasteiger partial charge in [0.1, 0.15) is 11.5 Å². The molecule has 21 heavy (non-hydrogen) atoms. The van der Waals surface area contributed by atoms with E-state index in [0.717, 1.165) is 42.4 Å². The minimum Gasteiger partial charge on any atom is -0.325 e. The summed E-state index contributed by atoms with van der Waals surface area (Å²) in [5.41, 5.74) is 1.35. The second kappa shape index (κ2) is 5.69. The van der Waals surface area contributed by atoms with E-state index in [4.69, 9.17) is 6.57 Å². The monoisotopic (exact) mass is 347 g/mol. The Morgan fingerprint density at radius 1 is 1.43 bits per heavy atom. The molecule has 3 rings (SSSR count). The predicted molar refractivity (Wildman–Crippen MR) is 86.1 cm³/mol. The zero-order valence-corrected chi connectivity index (χ0v) is 13.4. The van der Waals surface area contributed by atoms with Crippen LogP contribution in [0.1, 0.15) is 31.2 Å². The van der Waals surface area contributed by atoms with Crippen LogP contribution >= 0.6 is 15.9 Å². The summed E-state index contributed by atoms with van der Waals surface area (Å²) >= 11 is 3.51. The molecule has 2 aliphatic rings. The van der Waals surface area contributed by atoms with Crippen LogP contribution in [0.2, 0.25) is 0 Å². The van der Waals surface area contributed by atoms with Gasteiger partial charge < -0.3 is 5.32 Å². The third kappa shape index (κ3) is 2.13. The number of halogens is 1. The van der Waals surface area contributed by atoms with Gasteiger partial charge in [-0.05, 0) is 37.3 Å². The zero-order valence-electron chi connectivity index (χ0n) is 11.8. The highest BCUT2D eigenvalue weighted by atomic mass is 79.9. The average molecular weight is 348 g/mol. The lowest BCUT2D eigenvalue weighted by Gasteiger charge is -2.39. The molecule has 2 atom stereocenters. The number of piperidine rings is 1. The Morgan fingerprint density at radius 2 is 2.24 bits per heavy atom. The number of benzene rings is 1. The van der Waals surface area contributed by atoms with Crippen LogP contribution in [-0.4, -0.2) is 28.8 Å². The maximum Gasteiger partial charge on any atom is 0.237 e. The van der Waals surface area contributed by atoms with Crippen molar-refractivity contribution in [2.24, 2.45) is 0 Å². The number of carbonyl (C=O) groups is 1. The van der Waals surface area contributed by atoms with Gasteiger partial charge in [0.25, 0.3) is 0 Å². The summed E-state index contributed by atoms with van der Waals surface area (Å²) in [6, 6.07) is 7.87. The number of amides is 1. The molecule has 1 aromatic carbocycles. The fourth-order valence-electron chi connectivity index (χ4n) is 3.77. The molecule has 1 saturated heterocycles. The van der Waals surface area contributed by atoms with Gasteiger partial charge in [-0.2, -0.15) is 11.5 Å². The fraction of sp³-hybridized carbons (Fsp3) is 0.500. The van der Waals surface area contributed by atoms with Crippen molar-refractivity contribution in [2.75, 3.05) is 17.2 Å². The number of hydrogen-bond donors (Lipinski definition) is 1. The van der Waals surface area contributed by atoms with Gasteiger partial charge >= 0.3 is 0 Å². The lowest BCUT2D eigenvalue weighted by Crippen LogP contribution is -2.54. The summed E-state index contributed by atoms with van der Waals surface area (Å²) in [7, 11) is 0. The second-order valence-electron chi connectivity index (χ2n) is 5.68. The van der Waals surface area contributed by atoms with Crippen molar-refractivity contribution in [3.8, 4) is 0 Å². The molecule has 0 unspecified atom stereocenters. The van der Waals surface area contributed by atoms with E-state index < -0.39 is 5.41 Å². The Kier molecular flexibility index (Phi) is 3.90. The van der Waals surface area contributed by atoms with E-state index in [2.05, 4.69) is 26.2 Å². The molecular weight excluding hydrogens is 330 g/mol. The number of rotatable bonds is 3. The molecule has 1 amide bonds. The fourth-order valence-corrected chi connectivity index (χ4v) is 4.39. The maximum absolute atomic E-state index is 12.8. The molecule has 0 saturated carbocycles. The summed E-state index contributed by atoms with van der Waals surface area (Å²) in [5, 5.41) is 5.57. The number of hydrogen-bond acceptors (Lipinski definition) is 2. The summed E-state index contributed by atoms with van der Waals surface area (Å²) in [6.07, 6.45) is 3.73. The van der Waals surface area contributed by atoms with Gasteiger partial charge in [-0.25, -0.2) is 0 Å². The lowest BCUT2D eigenvalue weighted by atomic mass is 9.70. The minimum absolute atomic E-state index is 0.0371. The molecule has 0 bridgehead atoms. The summed E-state index contributed by atoms with van der Waals surface area (Å²) < 4.78 is 0. The summed E-state index contributed by atoms with van der Waals surface area (Å²) in [5.74, 6) is 0.0451. The highest BCUT2D eigenvalue weighted by Gasteiger charge is 2.55. The van der Waals surface area contributed by atoms with Crippen LogP contribution < -0.4 is 5.32 Å². The van der Waals surface area contributed by atoms with Crippen molar-refractivity contribution in [1.29, 1.82) is 0 Å². The number of nitrogens with zero attached hydrogens (tertiary/aromatic N) is 2. The van der Waals surface area contributed by atoms with Crippen LogP contribution in [0.15, 0.2) is 24.3 Å². The first kappa shape index (κ1) is 14.4. The SMILES string of the molecule is [C-]#[N+]N1CCCC[C@H]1[C@@]1(CCBr)C(=O)Nc2ccccc21. The van der Waals surface area contributed by atoms with Crippen LogP contribution in [0.25, 0.3) is 4.95 Å². The number of fused-ring (bicyclic) bond motifs is 1. The highest BCUT2D eigenvalue weighted by Crippen LogP contribution is 2.47. The van der Waals surface area contributed by atoms with E-state index in [1.807, 2.05) is 24.3 Å². The Balaban J connectivity index is 2.12.